The van der Waals surface area contributed by atoms with Crippen molar-refractivity contribution in [1.82, 2.24) is 14.9 Å². The van der Waals surface area contributed by atoms with Gasteiger partial charge in [0, 0.05) is 12.6 Å². The Labute approximate surface area is 170 Å². The fourth-order valence-corrected chi connectivity index (χ4v) is 3.93. The van der Waals surface area contributed by atoms with E-state index in [0.717, 1.165) is 19.3 Å². The van der Waals surface area contributed by atoms with E-state index in [1.165, 1.54) is 6.42 Å². The number of amides is 1. The Morgan fingerprint density at radius 3 is 2.72 bits per heavy atom. The molecule has 1 aliphatic rings. The Kier molecular flexibility index (Phi) is 6.35. The van der Waals surface area contributed by atoms with Crippen LogP contribution in [0.25, 0.3) is 11.0 Å². The molecule has 1 saturated carbocycles. The third-order valence-corrected chi connectivity index (χ3v) is 5.75. The third kappa shape index (κ3) is 4.49. The van der Waals surface area contributed by atoms with Crippen LogP contribution in [0.5, 0.6) is 0 Å². The van der Waals surface area contributed by atoms with E-state index in [0.29, 0.717) is 34.8 Å². The minimum Gasteiger partial charge on any atom is -0.449 e. The maximum atomic E-state index is 12.6. The normalized spacial score (nSPS) is 20.3. The predicted molar refractivity (Wildman–Crippen MR) is 111 cm³/mol. The molecule has 0 saturated heterocycles. The number of carbonyl (C=O) groups is 2. The average Bonchev–Trinajstić information content (AvgIpc) is 2.70. The second kappa shape index (κ2) is 8.76. The lowest BCUT2D eigenvalue weighted by Gasteiger charge is -2.30. The van der Waals surface area contributed by atoms with E-state index in [2.05, 4.69) is 17.2 Å². The molecule has 0 bridgehead atoms. The van der Waals surface area contributed by atoms with Gasteiger partial charge in [0.2, 0.25) is 0 Å². The number of fused-ring (bicyclic) bond motifs is 1. The summed E-state index contributed by atoms with van der Waals surface area (Å²) in [4.78, 5) is 41.5. The molecule has 0 radical (unpaired) electrons. The number of benzene rings is 1. The maximum absolute atomic E-state index is 12.6. The molecule has 0 spiro atoms. The van der Waals surface area contributed by atoms with Crippen molar-refractivity contribution in [3.8, 4) is 0 Å². The van der Waals surface area contributed by atoms with Gasteiger partial charge in [0.25, 0.3) is 11.5 Å². The van der Waals surface area contributed by atoms with E-state index in [4.69, 9.17) is 4.74 Å². The maximum Gasteiger partial charge on any atom is 0.338 e. The molecule has 7 heteroatoms. The number of hydrogen-bond donors (Lipinski definition) is 1. The van der Waals surface area contributed by atoms with Crippen LogP contribution in [0.4, 0.5) is 0 Å². The first kappa shape index (κ1) is 21.0. The summed E-state index contributed by atoms with van der Waals surface area (Å²) in [6.45, 7) is 7.77. The van der Waals surface area contributed by atoms with Gasteiger partial charge in [-0.3, -0.25) is 9.59 Å². The summed E-state index contributed by atoms with van der Waals surface area (Å²) in [5, 5.41) is 3.02. The van der Waals surface area contributed by atoms with Crippen molar-refractivity contribution in [3.63, 3.8) is 0 Å². The molecule has 3 rings (SSSR count). The van der Waals surface area contributed by atoms with Gasteiger partial charge in [-0.15, -0.1) is 0 Å². The van der Waals surface area contributed by atoms with E-state index in [1.807, 2.05) is 6.92 Å². The number of rotatable bonds is 5. The van der Waals surface area contributed by atoms with Gasteiger partial charge in [0.05, 0.1) is 16.6 Å². The lowest BCUT2D eigenvalue weighted by atomic mass is 9.86. The monoisotopic (exact) mass is 399 g/mol. The molecule has 2 aromatic rings. The number of aromatic nitrogens is 2. The highest BCUT2D eigenvalue weighted by Gasteiger charge is 2.26. The molecule has 1 aliphatic carbocycles. The first-order chi connectivity index (χ1) is 13.8. The van der Waals surface area contributed by atoms with Crippen LogP contribution in [-0.4, -0.2) is 33.6 Å². The zero-order valence-corrected chi connectivity index (χ0v) is 17.5. The van der Waals surface area contributed by atoms with E-state index in [-0.39, 0.29) is 17.5 Å². The van der Waals surface area contributed by atoms with Crippen LogP contribution in [0.15, 0.2) is 23.0 Å². The van der Waals surface area contributed by atoms with Gasteiger partial charge < -0.3 is 14.6 Å². The Hall–Kier alpha value is -2.70. The second-order valence-electron chi connectivity index (χ2n) is 7.87. The Balaban J connectivity index is 1.72. The summed E-state index contributed by atoms with van der Waals surface area (Å²) in [6, 6.07) is 5.03. The quantitative estimate of drug-likeness (QED) is 0.781. The summed E-state index contributed by atoms with van der Waals surface area (Å²) in [6.07, 6.45) is 3.48. The number of nitrogens with one attached hydrogen (secondary N) is 1. The molecule has 1 fully saturated rings. The van der Waals surface area contributed by atoms with Crippen molar-refractivity contribution in [2.75, 3.05) is 0 Å². The van der Waals surface area contributed by atoms with Crippen LogP contribution in [0.2, 0.25) is 0 Å². The fourth-order valence-electron chi connectivity index (χ4n) is 3.93. The fraction of sp³-hybridized carbons (Fsp3) is 0.545. The van der Waals surface area contributed by atoms with Gasteiger partial charge >= 0.3 is 5.97 Å². The summed E-state index contributed by atoms with van der Waals surface area (Å²) in [5.41, 5.74) is 1.75. The van der Waals surface area contributed by atoms with E-state index in [9.17, 15) is 14.4 Å². The second-order valence-corrected chi connectivity index (χ2v) is 7.87. The lowest BCUT2D eigenvalue weighted by molar-refractivity contribution is -0.130. The summed E-state index contributed by atoms with van der Waals surface area (Å²) < 4.78 is 7.01. The van der Waals surface area contributed by atoms with Gasteiger partial charge in [-0.1, -0.05) is 19.8 Å². The van der Waals surface area contributed by atoms with Crippen LogP contribution in [0, 0.1) is 12.8 Å². The zero-order valence-electron chi connectivity index (χ0n) is 17.5. The van der Waals surface area contributed by atoms with Crippen molar-refractivity contribution in [1.29, 1.82) is 0 Å². The molecular formula is C22H29N3O4. The Bertz CT molecular complexity index is 982. The Morgan fingerprint density at radius 1 is 1.31 bits per heavy atom. The zero-order chi connectivity index (χ0) is 21.1. The standard InChI is InChI=1S/C22H29N3O4/c1-5-25-19-11-10-16(12-18(19)23-14(3)21(25)27)22(28)29-15(4)20(26)24-17-9-7-6-8-13(17)2/h10-13,15,17H,5-9H2,1-4H3,(H,24,26)/t13-,15+,17-/m0/s1. The molecule has 0 aliphatic heterocycles. The number of hydrogen-bond acceptors (Lipinski definition) is 5. The number of ether oxygens (including phenoxy) is 1. The molecule has 0 unspecified atom stereocenters. The number of esters is 1. The van der Waals surface area contributed by atoms with Crippen molar-refractivity contribution < 1.29 is 14.3 Å². The topological polar surface area (TPSA) is 90.3 Å². The van der Waals surface area contributed by atoms with Crippen molar-refractivity contribution in [2.45, 2.75) is 72.1 Å². The van der Waals surface area contributed by atoms with E-state index >= 15 is 0 Å². The highest BCUT2D eigenvalue weighted by molar-refractivity contribution is 5.95. The predicted octanol–water partition coefficient (Wildman–Crippen LogP) is 2.97. The minimum absolute atomic E-state index is 0.135. The van der Waals surface area contributed by atoms with Crippen LogP contribution < -0.4 is 10.9 Å². The largest absolute Gasteiger partial charge is 0.449 e. The van der Waals surface area contributed by atoms with Gasteiger partial charge in [-0.25, -0.2) is 9.78 Å². The SMILES string of the molecule is CCn1c(=O)c(C)nc2cc(C(=O)O[C@H](C)C(=O)N[C@H]3CCCC[C@@H]3C)ccc21. The number of nitrogens with zero attached hydrogens (tertiary/aromatic N) is 2. The van der Waals surface area contributed by atoms with Crippen LogP contribution >= 0.6 is 0 Å². The molecule has 1 aromatic heterocycles. The van der Waals surface area contributed by atoms with E-state index < -0.39 is 12.1 Å². The van der Waals surface area contributed by atoms with Crippen LogP contribution in [-0.2, 0) is 16.1 Å². The van der Waals surface area contributed by atoms with Crippen LogP contribution in [0.1, 0.15) is 62.5 Å². The van der Waals surface area contributed by atoms with Gasteiger partial charge in [-0.2, -0.15) is 0 Å². The first-order valence-electron chi connectivity index (χ1n) is 10.3. The third-order valence-electron chi connectivity index (χ3n) is 5.75. The van der Waals surface area contributed by atoms with Gasteiger partial charge in [0.1, 0.15) is 5.69 Å². The molecule has 1 N–H and O–H groups in total. The highest BCUT2D eigenvalue weighted by atomic mass is 16.5. The number of aryl methyl sites for hydroxylation is 2. The minimum atomic E-state index is -0.883. The average molecular weight is 399 g/mol. The molecule has 156 valence electrons. The molecular weight excluding hydrogens is 370 g/mol. The number of carbonyl (C=O) groups excluding carboxylic acids is 2. The summed E-state index contributed by atoms with van der Waals surface area (Å²) in [5.74, 6) is -0.423. The van der Waals surface area contributed by atoms with Crippen molar-refractivity contribution in [3.05, 3.63) is 39.8 Å². The highest BCUT2D eigenvalue weighted by Crippen LogP contribution is 2.24. The smallest absolute Gasteiger partial charge is 0.338 e. The molecule has 1 aromatic carbocycles. The molecule has 7 nitrogen and oxygen atoms in total. The van der Waals surface area contributed by atoms with Crippen molar-refractivity contribution in [2.24, 2.45) is 5.92 Å². The summed E-state index contributed by atoms with van der Waals surface area (Å²) in [7, 11) is 0. The molecule has 3 atom stereocenters. The first-order valence-corrected chi connectivity index (χ1v) is 10.3. The van der Waals surface area contributed by atoms with Gasteiger partial charge in [0.15, 0.2) is 6.10 Å². The van der Waals surface area contributed by atoms with Crippen LogP contribution in [0.3, 0.4) is 0 Å². The lowest BCUT2D eigenvalue weighted by Crippen LogP contribution is -2.45. The molecule has 1 amide bonds. The molecule has 1 heterocycles. The van der Waals surface area contributed by atoms with Crippen molar-refractivity contribution >= 4 is 22.9 Å². The summed E-state index contributed by atoms with van der Waals surface area (Å²) >= 11 is 0. The Morgan fingerprint density at radius 2 is 2.03 bits per heavy atom. The van der Waals surface area contributed by atoms with Gasteiger partial charge in [-0.05, 0) is 57.7 Å². The van der Waals surface area contributed by atoms with E-state index in [1.54, 1.807) is 36.6 Å². The molecule has 29 heavy (non-hydrogen) atoms.